The number of nitrogens with zero attached hydrogens (tertiary/aromatic N) is 2. The number of anilines is 1. The number of rotatable bonds is 3. The van der Waals surface area contributed by atoms with Gasteiger partial charge in [-0.25, -0.2) is 13.6 Å². The topological polar surface area (TPSA) is 117 Å². The largest absolute Gasteiger partial charge is 0.439 e. The Kier molecular flexibility index (Phi) is 3.67. The molecule has 0 saturated carbocycles. The molecule has 0 radical (unpaired) electrons. The van der Waals surface area contributed by atoms with Crippen molar-refractivity contribution < 1.29 is 17.6 Å². The molecular weight excluding hydrogens is 318 g/mol. The van der Waals surface area contributed by atoms with Gasteiger partial charge in [0.15, 0.2) is 0 Å². The fourth-order valence-corrected chi connectivity index (χ4v) is 3.23. The van der Waals surface area contributed by atoms with Crippen LogP contribution in [-0.2, 0) is 14.8 Å². The van der Waals surface area contributed by atoms with E-state index in [1.54, 1.807) is 0 Å². The number of primary sulfonamides is 1. The number of furan rings is 1. The lowest BCUT2D eigenvalue weighted by atomic mass is 10.1. The third-order valence-electron chi connectivity index (χ3n) is 3.69. The Bertz CT molecular complexity index is 897. The van der Waals surface area contributed by atoms with Crippen LogP contribution in [0.25, 0.3) is 11.3 Å². The molecule has 1 atom stereocenters. The Morgan fingerprint density at radius 3 is 2.57 bits per heavy atom. The molecule has 2 aromatic rings. The molecule has 0 aliphatic carbocycles. The molecule has 118 valence electrons. The minimum atomic E-state index is -3.83. The summed E-state index contributed by atoms with van der Waals surface area (Å²) in [4.78, 5) is 13.2. The fraction of sp³-hybridized carbons (Fsp3) is 0.200. The van der Waals surface area contributed by atoms with Crippen LogP contribution in [-0.4, -0.2) is 26.1 Å². The first-order chi connectivity index (χ1) is 10.9. The fourth-order valence-electron chi connectivity index (χ4n) is 2.50. The molecule has 0 bridgehead atoms. The zero-order chi connectivity index (χ0) is 16.6. The average Bonchev–Trinajstić information content (AvgIpc) is 3.11. The summed E-state index contributed by atoms with van der Waals surface area (Å²) in [7, 11) is -3.83. The lowest BCUT2D eigenvalue weighted by Gasteiger charge is -2.13. The van der Waals surface area contributed by atoms with Gasteiger partial charge in [-0.15, -0.1) is 0 Å². The maximum absolute atomic E-state index is 12.1. The Morgan fingerprint density at radius 2 is 2.00 bits per heavy atom. The van der Waals surface area contributed by atoms with Gasteiger partial charge in [0.05, 0.1) is 0 Å². The maximum Gasteiger partial charge on any atom is 0.230 e. The molecule has 23 heavy (non-hydrogen) atoms. The maximum atomic E-state index is 12.1. The lowest BCUT2D eigenvalue weighted by Crippen LogP contribution is -2.32. The van der Waals surface area contributed by atoms with Crippen LogP contribution in [0.5, 0.6) is 0 Å². The van der Waals surface area contributed by atoms with Gasteiger partial charge < -0.3 is 4.42 Å². The van der Waals surface area contributed by atoms with E-state index in [2.05, 4.69) is 0 Å². The van der Waals surface area contributed by atoms with Crippen LogP contribution >= 0.6 is 0 Å². The minimum Gasteiger partial charge on any atom is -0.439 e. The molecule has 1 fully saturated rings. The highest BCUT2D eigenvalue weighted by atomic mass is 32.2. The van der Waals surface area contributed by atoms with E-state index in [1.165, 1.54) is 11.0 Å². The van der Waals surface area contributed by atoms with Crippen molar-refractivity contribution in [2.24, 2.45) is 5.14 Å². The van der Waals surface area contributed by atoms with Crippen molar-refractivity contribution in [1.29, 1.82) is 5.26 Å². The lowest BCUT2D eigenvalue weighted by molar-refractivity contribution is -0.117. The van der Waals surface area contributed by atoms with Gasteiger partial charge in [-0.2, -0.15) is 5.26 Å². The summed E-state index contributed by atoms with van der Waals surface area (Å²) in [6.07, 6.45) is -0.217. The molecule has 1 aliphatic heterocycles. The molecule has 1 amide bonds. The van der Waals surface area contributed by atoms with Crippen molar-refractivity contribution >= 4 is 21.8 Å². The van der Waals surface area contributed by atoms with Gasteiger partial charge in [0.25, 0.3) is 0 Å². The summed E-state index contributed by atoms with van der Waals surface area (Å²) in [5, 5.41) is 13.4. The zero-order valence-corrected chi connectivity index (χ0v) is 12.8. The van der Waals surface area contributed by atoms with Gasteiger partial charge in [0.2, 0.25) is 21.8 Å². The normalized spacial score (nSPS) is 18.2. The van der Waals surface area contributed by atoms with Crippen molar-refractivity contribution in [3.05, 3.63) is 42.0 Å². The smallest absolute Gasteiger partial charge is 0.230 e. The first-order valence-electron chi connectivity index (χ1n) is 6.81. The molecule has 8 heteroatoms. The highest BCUT2D eigenvalue weighted by Gasteiger charge is 2.39. The van der Waals surface area contributed by atoms with Crippen LogP contribution < -0.4 is 10.0 Å². The predicted octanol–water partition coefficient (Wildman–Crippen LogP) is 1.21. The number of nitrogens with two attached hydrogens (primary N) is 1. The SMILES string of the molecule is N#Cc1cc(-c2ccccc2)oc1N1CC(S(N)(=O)=O)CC1=O. The number of benzene rings is 1. The quantitative estimate of drug-likeness (QED) is 0.907. The van der Waals surface area contributed by atoms with Gasteiger partial charge >= 0.3 is 0 Å². The molecule has 1 aromatic carbocycles. The van der Waals surface area contributed by atoms with Crippen LogP contribution in [0, 0.1) is 11.3 Å². The summed E-state index contributed by atoms with van der Waals surface area (Å²) >= 11 is 0. The van der Waals surface area contributed by atoms with Crippen LogP contribution in [0.3, 0.4) is 0 Å². The Labute approximate surface area is 133 Å². The number of carbonyl (C=O) groups is 1. The van der Waals surface area contributed by atoms with Crippen molar-refractivity contribution in [3.8, 4) is 17.4 Å². The molecule has 2 N–H and O–H groups in total. The van der Waals surface area contributed by atoms with Crippen LogP contribution in [0.4, 0.5) is 5.88 Å². The van der Waals surface area contributed by atoms with E-state index in [-0.39, 0.29) is 24.4 Å². The van der Waals surface area contributed by atoms with E-state index in [4.69, 9.17) is 9.56 Å². The summed E-state index contributed by atoms with van der Waals surface area (Å²) in [6, 6.07) is 12.6. The molecule has 1 aromatic heterocycles. The molecule has 7 nitrogen and oxygen atoms in total. The molecule has 1 unspecified atom stereocenters. The second-order valence-corrected chi connectivity index (χ2v) is 7.07. The molecule has 3 rings (SSSR count). The van der Waals surface area contributed by atoms with Crippen LogP contribution in [0.2, 0.25) is 0 Å². The van der Waals surface area contributed by atoms with E-state index in [1.807, 2.05) is 36.4 Å². The van der Waals surface area contributed by atoms with Crippen molar-refractivity contribution in [3.63, 3.8) is 0 Å². The highest BCUT2D eigenvalue weighted by Crippen LogP contribution is 2.34. The first kappa shape index (κ1) is 15.3. The third kappa shape index (κ3) is 2.84. The predicted molar refractivity (Wildman–Crippen MR) is 82.7 cm³/mol. The molecule has 1 saturated heterocycles. The van der Waals surface area contributed by atoms with Crippen molar-refractivity contribution in [2.75, 3.05) is 11.4 Å². The number of nitriles is 1. The van der Waals surface area contributed by atoms with Crippen molar-refractivity contribution in [1.82, 2.24) is 0 Å². The molecule has 1 aliphatic rings. The van der Waals surface area contributed by atoms with E-state index in [0.717, 1.165) is 5.56 Å². The second-order valence-electron chi connectivity index (χ2n) is 5.23. The summed E-state index contributed by atoms with van der Waals surface area (Å²) < 4.78 is 28.5. The first-order valence-corrected chi connectivity index (χ1v) is 8.42. The number of hydrogen-bond acceptors (Lipinski definition) is 5. The molecular formula is C15H13N3O4S. The zero-order valence-electron chi connectivity index (χ0n) is 12.0. The Balaban J connectivity index is 1.99. The monoisotopic (exact) mass is 331 g/mol. The standard InChI is InChI=1S/C15H13N3O4S/c16-8-11-6-13(10-4-2-1-3-5-10)22-15(11)18-9-12(7-14(18)19)23(17,20)21/h1-6,12H,7,9H2,(H2,17,20,21). The third-order valence-corrected chi connectivity index (χ3v) is 4.94. The van der Waals surface area contributed by atoms with Gasteiger partial charge in [-0.05, 0) is 0 Å². The van der Waals surface area contributed by atoms with E-state index in [9.17, 15) is 18.5 Å². The Morgan fingerprint density at radius 1 is 1.30 bits per heavy atom. The second kappa shape index (κ2) is 5.53. The van der Waals surface area contributed by atoms with Gasteiger partial charge in [-0.1, -0.05) is 30.3 Å². The molecule has 2 heterocycles. The van der Waals surface area contributed by atoms with E-state index >= 15 is 0 Å². The van der Waals surface area contributed by atoms with Crippen molar-refractivity contribution in [2.45, 2.75) is 11.7 Å². The number of amides is 1. The van der Waals surface area contributed by atoms with Crippen LogP contribution in [0.15, 0.2) is 40.8 Å². The van der Waals surface area contributed by atoms with Gasteiger partial charge in [0, 0.05) is 24.6 Å². The Hall–Kier alpha value is -2.63. The van der Waals surface area contributed by atoms with Gasteiger partial charge in [-0.3, -0.25) is 9.69 Å². The van der Waals surface area contributed by atoms with E-state index in [0.29, 0.717) is 5.76 Å². The highest BCUT2D eigenvalue weighted by molar-refractivity contribution is 7.89. The molecule has 0 spiro atoms. The number of carbonyl (C=O) groups excluding carboxylic acids is 1. The number of sulfonamides is 1. The number of hydrogen-bond donors (Lipinski definition) is 1. The van der Waals surface area contributed by atoms with Gasteiger partial charge in [0.1, 0.15) is 22.6 Å². The summed E-state index contributed by atoms with van der Waals surface area (Å²) in [5.74, 6) is 0.0565. The minimum absolute atomic E-state index is 0.0579. The van der Waals surface area contributed by atoms with E-state index < -0.39 is 21.2 Å². The summed E-state index contributed by atoms with van der Waals surface area (Å²) in [6.45, 7) is -0.117. The average molecular weight is 331 g/mol. The summed E-state index contributed by atoms with van der Waals surface area (Å²) in [5.41, 5.74) is 0.928. The van der Waals surface area contributed by atoms with Crippen LogP contribution in [0.1, 0.15) is 12.0 Å².